The molecule has 0 saturated carbocycles. The van der Waals surface area contributed by atoms with Crippen LogP contribution in [0.5, 0.6) is 0 Å². The number of terminal acetylenes is 1. The van der Waals surface area contributed by atoms with Gasteiger partial charge in [-0.1, -0.05) is 11.6 Å². The largest absolute Gasteiger partial charge is 0.242 e. The Balaban J connectivity index is 3.14. The lowest BCUT2D eigenvalue weighted by molar-refractivity contribution is 0.563. The van der Waals surface area contributed by atoms with Crippen LogP contribution in [0, 0.1) is 23.7 Å². The normalized spacial score (nSPS) is 12.4. The topological polar surface area (TPSA) is 70.0 Å². The molecule has 0 bridgehead atoms. The third kappa shape index (κ3) is 3.48. The number of hydrogen-bond acceptors (Lipinski definition) is 3. The van der Waals surface area contributed by atoms with Gasteiger partial charge in [0.15, 0.2) is 0 Å². The predicted octanol–water partition coefficient (Wildman–Crippen LogP) is 1.90. The molecule has 0 fully saturated rings. The molecule has 18 heavy (non-hydrogen) atoms. The summed E-state index contributed by atoms with van der Waals surface area (Å²) >= 11 is 5.83. The van der Waals surface area contributed by atoms with Crippen LogP contribution in [0.15, 0.2) is 23.1 Å². The van der Waals surface area contributed by atoms with Crippen molar-refractivity contribution in [3.63, 3.8) is 0 Å². The van der Waals surface area contributed by atoms with Crippen molar-refractivity contribution in [3.05, 3.63) is 28.8 Å². The fourth-order valence-electron chi connectivity index (χ4n) is 1.33. The number of sulfonamides is 1. The highest BCUT2D eigenvalue weighted by Gasteiger charge is 2.20. The van der Waals surface area contributed by atoms with E-state index in [0.29, 0.717) is 0 Å². The van der Waals surface area contributed by atoms with Gasteiger partial charge in [0.25, 0.3) is 0 Å². The van der Waals surface area contributed by atoms with Gasteiger partial charge in [-0.25, -0.2) is 13.1 Å². The number of hydrogen-bond donors (Lipinski definition) is 1. The van der Waals surface area contributed by atoms with Crippen LogP contribution in [0.25, 0.3) is 0 Å². The summed E-state index contributed by atoms with van der Waals surface area (Å²) in [6, 6.07) is 5.52. The van der Waals surface area contributed by atoms with Crippen LogP contribution in [0.3, 0.4) is 0 Å². The molecule has 0 aliphatic rings. The van der Waals surface area contributed by atoms with Gasteiger partial charge in [-0.3, -0.25) is 0 Å². The summed E-state index contributed by atoms with van der Waals surface area (Å²) in [4.78, 5) is -0.118. The summed E-state index contributed by atoms with van der Waals surface area (Å²) < 4.78 is 26.5. The number of benzene rings is 1. The molecule has 0 spiro atoms. The zero-order valence-electron chi connectivity index (χ0n) is 9.64. The van der Waals surface area contributed by atoms with Gasteiger partial charge in [0.1, 0.15) is 4.90 Å². The SMILES string of the molecule is C#CCC(C)NS(=O)(=O)c1cc(C#N)ccc1Cl. The van der Waals surface area contributed by atoms with Gasteiger partial charge in [0.05, 0.1) is 16.7 Å². The number of nitrogens with zero attached hydrogens (tertiary/aromatic N) is 1. The van der Waals surface area contributed by atoms with E-state index in [1.165, 1.54) is 18.2 Å². The van der Waals surface area contributed by atoms with Gasteiger partial charge >= 0.3 is 0 Å². The van der Waals surface area contributed by atoms with E-state index in [9.17, 15) is 8.42 Å². The minimum atomic E-state index is -3.77. The van der Waals surface area contributed by atoms with Crippen molar-refractivity contribution < 1.29 is 8.42 Å². The first-order valence-electron chi connectivity index (χ1n) is 5.06. The molecule has 4 nitrogen and oxygen atoms in total. The highest BCUT2D eigenvalue weighted by molar-refractivity contribution is 7.89. The first-order chi connectivity index (χ1) is 8.40. The van der Waals surface area contributed by atoms with Crippen molar-refractivity contribution in [2.24, 2.45) is 0 Å². The summed E-state index contributed by atoms with van der Waals surface area (Å²) in [7, 11) is -3.77. The summed E-state index contributed by atoms with van der Waals surface area (Å²) in [5, 5.41) is 8.81. The first-order valence-corrected chi connectivity index (χ1v) is 6.92. The second kappa shape index (κ2) is 5.88. The van der Waals surface area contributed by atoms with Gasteiger partial charge in [0, 0.05) is 12.5 Å². The molecule has 1 aromatic rings. The van der Waals surface area contributed by atoms with E-state index in [2.05, 4.69) is 10.6 Å². The van der Waals surface area contributed by atoms with E-state index in [4.69, 9.17) is 23.3 Å². The molecule has 94 valence electrons. The van der Waals surface area contributed by atoms with Crippen molar-refractivity contribution in [2.45, 2.75) is 24.3 Å². The van der Waals surface area contributed by atoms with Crippen molar-refractivity contribution in [2.75, 3.05) is 0 Å². The van der Waals surface area contributed by atoms with Crippen LogP contribution in [0.1, 0.15) is 18.9 Å². The molecule has 0 aromatic heterocycles. The molecular formula is C12H11ClN2O2S. The molecule has 6 heteroatoms. The Morgan fingerprint density at radius 2 is 2.22 bits per heavy atom. The zero-order valence-corrected chi connectivity index (χ0v) is 11.2. The lowest BCUT2D eigenvalue weighted by atomic mass is 10.2. The van der Waals surface area contributed by atoms with Gasteiger partial charge < -0.3 is 0 Å². The van der Waals surface area contributed by atoms with Gasteiger partial charge in [-0.2, -0.15) is 5.26 Å². The molecule has 1 rings (SSSR count). The Labute approximate surface area is 112 Å². The van der Waals surface area contributed by atoms with E-state index in [0.717, 1.165) is 0 Å². The molecule has 0 saturated heterocycles. The maximum atomic E-state index is 12.0. The van der Waals surface area contributed by atoms with Crippen molar-refractivity contribution in [1.82, 2.24) is 4.72 Å². The smallest absolute Gasteiger partial charge is 0.207 e. The lowest BCUT2D eigenvalue weighted by Crippen LogP contribution is -2.32. The quantitative estimate of drug-likeness (QED) is 0.858. The predicted molar refractivity (Wildman–Crippen MR) is 69.4 cm³/mol. The average molecular weight is 283 g/mol. The summed E-state index contributed by atoms with van der Waals surface area (Å²) in [5.41, 5.74) is 0.226. The Hall–Kier alpha value is -1.53. The van der Waals surface area contributed by atoms with E-state index < -0.39 is 16.1 Å². The number of nitrogens with one attached hydrogen (secondary N) is 1. The molecule has 0 amide bonds. The Kier molecular flexibility index (Phi) is 4.75. The minimum Gasteiger partial charge on any atom is -0.207 e. The van der Waals surface area contributed by atoms with Crippen molar-refractivity contribution >= 4 is 21.6 Å². The molecular weight excluding hydrogens is 272 g/mol. The van der Waals surface area contributed by atoms with Crippen molar-refractivity contribution in [1.29, 1.82) is 5.26 Å². The van der Waals surface area contributed by atoms with Crippen LogP contribution in [-0.2, 0) is 10.0 Å². The van der Waals surface area contributed by atoms with Crippen LogP contribution in [0.2, 0.25) is 5.02 Å². The molecule has 1 aromatic carbocycles. The fraction of sp³-hybridized carbons (Fsp3) is 0.250. The van der Waals surface area contributed by atoms with E-state index in [1.54, 1.807) is 6.92 Å². The summed E-state index contributed by atoms with van der Waals surface area (Å²) in [5.74, 6) is 2.37. The monoisotopic (exact) mass is 282 g/mol. The van der Waals surface area contributed by atoms with Gasteiger partial charge in [0.2, 0.25) is 10.0 Å². The second-order valence-corrected chi connectivity index (χ2v) is 5.78. The molecule has 0 aliphatic carbocycles. The van der Waals surface area contributed by atoms with E-state index in [1.807, 2.05) is 6.07 Å². The molecule has 1 unspecified atom stereocenters. The molecule has 0 aliphatic heterocycles. The first kappa shape index (κ1) is 14.5. The van der Waals surface area contributed by atoms with Gasteiger partial charge in [-0.05, 0) is 25.1 Å². The van der Waals surface area contributed by atoms with Crippen LogP contribution >= 0.6 is 11.6 Å². The highest BCUT2D eigenvalue weighted by atomic mass is 35.5. The number of rotatable bonds is 4. The lowest BCUT2D eigenvalue weighted by Gasteiger charge is -2.12. The third-order valence-electron chi connectivity index (χ3n) is 2.13. The fourth-order valence-corrected chi connectivity index (χ4v) is 3.09. The zero-order chi connectivity index (χ0) is 13.8. The molecule has 1 atom stereocenters. The van der Waals surface area contributed by atoms with Crippen molar-refractivity contribution in [3.8, 4) is 18.4 Å². The second-order valence-electron chi connectivity index (χ2n) is 3.69. The molecule has 1 N–H and O–H groups in total. The van der Waals surface area contributed by atoms with E-state index in [-0.39, 0.29) is 21.9 Å². The maximum Gasteiger partial charge on any atom is 0.242 e. The Bertz CT molecular complexity index is 626. The summed E-state index contributed by atoms with van der Waals surface area (Å²) in [6.45, 7) is 1.65. The number of nitriles is 1. The van der Waals surface area contributed by atoms with Crippen LogP contribution in [0.4, 0.5) is 0 Å². The van der Waals surface area contributed by atoms with Crippen LogP contribution < -0.4 is 4.72 Å². The molecule has 0 heterocycles. The standard InChI is InChI=1S/C12H11ClN2O2S/c1-3-4-9(2)15-18(16,17)12-7-10(8-14)5-6-11(12)13/h1,5-7,9,15H,4H2,2H3. The highest BCUT2D eigenvalue weighted by Crippen LogP contribution is 2.22. The maximum absolute atomic E-state index is 12.0. The average Bonchev–Trinajstić information content (AvgIpc) is 2.29. The van der Waals surface area contributed by atoms with Gasteiger partial charge in [-0.15, -0.1) is 12.3 Å². The van der Waals surface area contributed by atoms with Crippen LogP contribution in [-0.4, -0.2) is 14.5 Å². The summed E-state index contributed by atoms with van der Waals surface area (Å²) in [6.07, 6.45) is 5.38. The molecule has 0 radical (unpaired) electrons. The number of halogens is 1. The minimum absolute atomic E-state index is 0.0643. The van der Waals surface area contributed by atoms with E-state index >= 15 is 0 Å². The Morgan fingerprint density at radius 3 is 2.78 bits per heavy atom. The Morgan fingerprint density at radius 1 is 1.56 bits per heavy atom. The third-order valence-corrected chi connectivity index (χ3v) is 4.20.